The van der Waals surface area contributed by atoms with Crippen LogP contribution in [0.3, 0.4) is 0 Å². The summed E-state index contributed by atoms with van der Waals surface area (Å²) in [7, 11) is -3.74. The molecule has 3 rings (SSSR count). The highest BCUT2D eigenvalue weighted by Crippen LogP contribution is 2.25. The number of hydrogen-bond acceptors (Lipinski definition) is 6. The molecule has 0 bridgehead atoms. The Kier molecular flexibility index (Phi) is 7.07. The Balaban J connectivity index is 1.71. The lowest BCUT2D eigenvalue weighted by Gasteiger charge is -2.06. The molecule has 0 amide bonds. The lowest BCUT2D eigenvalue weighted by atomic mass is 10.1. The summed E-state index contributed by atoms with van der Waals surface area (Å²) in [4.78, 5) is 22.4. The van der Waals surface area contributed by atoms with Crippen LogP contribution < -0.4 is 0 Å². The SMILES string of the molecule is Cc1ccc(N=Nc2ccc(S(=O)(=O)c3ccc(CC(=O)/C=C\C(=O)O)cc3)cc2)cc1. The van der Waals surface area contributed by atoms with Gasteiger partial charge in [0.25, 0.3) is 0 Å². The van der Waals surface area contributed by atoms with Gasteiger partial charge in [0.2, 0.25) is 9.84 Å². The van der Waals surface area contributed by atoms with Crippen molar-refractivity contribution in [3.05, 3.63) is 96.1 Å². The van der Waals surface area contributed by atoms with Gasteiger partial charge in [0.1, 0.15) is 0 Å². The molecule has 0 radical (unpaired) electrons. The van der Waals surface area contributed by atoms with E-state index < -0.39 is 21.6 Å². The van der Waals surface area contributed by atoms with Gasteiger partial charge in [-0.1, -0.05) is 29.8 Å². The van der Waals surface area contributed by atoms with Gasteiger partial charge in [-0.3, -0.25) is 4.79 Å². The Labute approximate surface area is 185 Å². The van der Waals surface area contributed by atoms with E-state index in [4.69, 9.17) is 5.11 Å². The quantitative estimate of drug-likeness (QED) is 0.385. The normalized spacial score (nSPS) is 11.8. The van der Waals surface area contributed by atoms with Crippen molar-refractivity contribution in [2.24, 2.45) is 10.2 Å². The van der Waals surface area contributed by atoms with E-state index in [1.807, 2.05) is 31.2 Å². The second kappa shape index (κ2) is 9.93. The fraction of sp³-hybridized carbons (Fsp3) is 0.0833. The highest BCUT2D eigenvalue weighted by atomic mass is 32.2. The molecule has 0 aliphatic rings. The Bertz CT molecular complexity index is 1280. The highest BCUT2D eigenvalue weighted by Gasteiger charge is 2.17. The summed E-state index contributed by atoms with van der Waals surface area (Å²) in [6, 6.07) is 19.5. The van der Waals surface area contributed by atoms with Crippen LogP contribution in [0.15, 0.2) is 105 Å². The van der Waals surface area contributed by atoms with Crippen LogP contribution in [0.2, 0.25) is 0 Å². The molecule has 1 N–H and O–H groups in total. The minimum atomic E-state index is -3.74. The summed E-state index contributed by atoms with van der Waals surface area (Å²) >= 11 is 0. The van der Waals surface area contributed by atoms with E-state index in [0.717, 1.165) is 17.7 Å². The van der Waals surface area contributed by atoms with Gasteiger partial charge in [0.15, 0.2) is 5.78 Å². The van der Waals surface area contributed by atoms with Crippen molar-refractivity contribution in [3.63, 3.8) is 0 Å². The average Bonchev–Trinajstić information content (AvgIpc) is 2.78. The number of carbonyl (C=O) groups is 2. The molecule has 0 fully saturated rings. The Hall–Kier alpha value is -3.91. The number of benzene rings is 3. The molecule has 162 valence electrons. The number of carbonyl (C=O) groups excluding carboxylic acids is 1. The predicted octanol–water partition coefficient (Wildman–Crippen LogP) is 5.00. The Morgan fingerprint density at radius 2 is 1.25 bits per heavy atom. The molecule has 0 saturated carbocycles. The van der Waals surface area contributed by atoms with Gasteiger partial charge in [-0.15, -0.1) is 0 Å². The summed E-state index contributed by atoms with van der Waals surface area (Å²) in [6.07, 6.45) is 1.72. The first-order valence-corrected chi connectivity index (χ1v) is 11.1. The number of aliphatic carboxylic acids is 1. The third-order valence-electron chi connectivity index (χ3n) is 4.49. The highest BCUT2D eigenvalue weighted by molar-refractivity contribution is 7.91. The number of rotatable bonds is 8. The molecule has 0 spiro atoms. The van der Waals surface area contributed by atoms with Gasteiger partial charge in [-0.25, -0.2) is 13.2 Å². The Morgan fingerprint density at radius 3 is 1.75 bits per heavy atom. The zero-order chi connectivity index (χ0) is 23.1. The zero-order valence-corrected chi connectivity index (χ0v) is 18.0. The molecular formula is C24H20N2O5S. The number of azo groups is 1. The maximum Gasteiger partial charge on any atom is 0.328 e. The number of ketones is 1. The Morgan fingerprint density at radius 1 is 0.781 bits per heavy atom. The molecule has 0 unspecified atom stereocenters. The largest absolute Gasteiger partial charge is 0.478 e. The standard InChI is InChI=1S/C24H20N2O5S/c1-17-2-6-19(7-3-17)25-26-20-8-13-23(14-9-20)32(30,31)22-11-4-18(5-12-22)16-21(27)10-15-24(28)29/h2-15H,16H2,1H3,(H,28,29)/b15-10-,26-25?. The van der Waals surface area contributed by atoms with Gasteiger partial charge in [-0.05, 0) is 67.1 Å². The zero-order valence-electron chi connectivity index (χ0n) is 17.2. The summed E-state index contributed by atoms with van der Waals surface area (Å²) < 4.78 is 25.7. The predicted molar refractivity (Wildman–Crippen MR) is 119 cm³/mol. The van der Waals surface area contributed by atoms with E-state index >= 15 is 0 Å². The van der Waals surface area contributed by atoms with Gasteiger partial charge in [0.05, 0.1) is 21.2 Å². The minimum Gasteiger partial charge on any atom is -0.478 e. The van der Waals surface area contributed by atoms with Gasteiger partial charge in [0, 0.05) is 12.5 Å². The van der Waals surface area contributed by atoms with Crippen molar-refractivity contribution >= 4 is 33.0 Å². The van der Waals surface area contributed by atoms with E-state index in [1.54, 1.807) is 12.1 Å². The minimum absolute atomic E-state index is 0.0230. The van der Waals surface area contributed by atoms with Crippen LogP contribution in [-0.2, 0) is 25.8 Å². The third kappa shape index (κ3) is 6.05. The molecule has 3 aromatic carbocycles. The molecule has 0 aromatic heterocycles. The topological polar surface area (TPSA) is 113 Å². The molecule has 0 heterocycles. The van der Waals surface area contributed by atoms with Crippen molar-refractivity contribution in [3.8, 4) is 0 Å². The fourth-order valence-corrected chi connectivity index (χ4v) is 4.03. The first-order chi connectivity index (χ1) is 15.2. The second-order valence-electron chi connectivity index (χ2n) is 6.99. The summed E-state index contributed by atoms with van der Waals surface area (Å²) in [5, 5.41) is 16.8. The summed E-state index contributed by atoms with van der Waals surface area (Å²) in [5.41, 5.74) is 2.92. The van der Waals surface area contributed by atoms with Crippen molar-refractivity contribution < 1.29 is 23.1 Å². The number of sulfone groups is 1. The van der Waals surface area contributed by atoms with Gasteiger partial charge >= 0.3 is 5.97 Å². The number of carboxylic acids is 1. The molecule has 0 aliphatic heterocycles. The lowest BCUT2D eigenvalue weighted by Crippen LogP contribution is -2.03. The van der Waals surface area contributed by atoms with Crippen molar-refractivity contribution in [1.29, 1.82) is 0 Å². The molecule has 32 heavy (non-hydrogen) atoms. The monoisotopic (exact) mass is 448 g/mol. The van der Waals surface area contributed by atoms with E-state index in [-0.39, 0.29) is 16.2 Å². The molecule has 7 nitrogen and oxygen atoms in total. The van der Waals surface area contributed by atoms with E-state index in [2.05, 4.69) is 10.2 Å². The third-order valence-corrected chi connectivity index (χ3v) is 6.27. The fourth-order valence-electron chi connectivity index (χ4n) is 2.77. The molecule has 0 saturated heterocycles. The van der Waals surface area contributed by atoms with Crippen LogP contribution in [0.1, 0.15) is 11.1 Å². The van der Waals surface area contributed by atoms with Crippen LogP contribution in [0, 0.1) is 6.92 Å². The lowest BCUT2D eigenvalue weighted by molar-refractivity contribution is -0.131. The van der Waals surface area contributed by atoms with Crippen LogP contribution in [0.25, 0.3) is 0 Å². The number of nitrogens with zero attached hydrogens (tertiary/aromatic N) is 2. The number of aryl methyl sites for hydroxylation is 1. The maximum atomic E-state index is 12.9. The average molecular weight is 449 g/mol. The van der Waals surface area contributed by atoms with Crippen molar-refractivity contribution in [2.45, 2.75) is 23.1 Å². The molecule has 3 aromatic rings. The van der Waals surface area contributed by atoms with Crippen molar-refractivity contribution in [2.75, 3.05) is 0 Å². The molecule has 8 heteroatoms. The summed E-state index contributed by atoms with van der Waals surface area (Å²) in [5.74, 6) is -1.60. The van der Waals surface area contributed by atoms with Gasteiger partial charge < -0.3 is 5.11 Å². The van der Waals surface area contributed by atoms with Crippen LogP contribution in [0.5, 0.6) is 0 Å². The molecular weight excluding hydrogens is 428 g/mol. The number of allylic oxidation sites excluding steroid dienone is 1. The van der Waals surface area contributed by atoms with E-state index in [1.165, 1.54) is 36.4 Å². The van der Waals surface area contributed by atoms with Crippen molar-refractivity contribution in [1.82, 2.24) is 0 Å². The molecule has 0 aliphatic carbocycles. The first kappa shape index (κ1) is 22.8. The van der Waals surface area contributed by atoms with E-state index in [0.29, 0.717) is 16.9 Å². The van der Waals surface area contributed by atoms with Crippen LogP contribution in [-0.4, -0.2) is 25.3 Å². The first-order valence-electron chi connectivity index (χ1n) is 9.60. The number of hydrogen-bond donors (Lipinski definition) is 1. The molecule has 0 atom stereocenters. The van der Waals surface area contributed by atoms with E-state index in [9.17, 15) is 18.0 Å². The number of carboxylic acid groups (broad SMARTS) is 1. The van der Waals surface area contributed by atoms with Crippen LogP contribution in [0.4, 0.5) is 11.4 Å². The smallest absolute Gasteiger partial charge is 0.328 e. The summed E-state index contributed by atoms with van der Waals surface area (Å²) in [6.45, 7) is 1.98. The van der Waals surface area contributed by atoms with Gasteiger partial charge in [-0.2, -0.15) is 10.2 Å². The van der Waals surface area contributed by atoms with Crippen LogP contribution >= 0.6 is 0 Å². The maximum absolute atomic E-state index is 12.9. The second-order valence-corrected chi connectivity index (χ2v) is 8.94.